The number of halogens is 2. The van der Waals surface area contributed by atoms with Crippen LogP contribution < -0.4 is 10.6 Å². The van der Waals surface area contributed by atoms with Gasteiger partial charge in [0.1, 0.15) is 5.76 Å². The molecule has 0 radical (unpaired) electrons. The Morgan fingerprint density at radius 2 is 1.63 bits per heavy atom. The molecule has 0 saturated heterocycles. The molecule has 1 heterocycles. The van der Waals surface area contributed by atoms with Crippen LogP contribution in [0.4, 0.5) is 11.4 Å². The molecule has 0 aliphatic rings. The summed E-state index contributed by atoms with van der Waals surface area (Å²) in [5.41, 5.74) is 1.48. The van der Waals surface area contributed by atoms with Gasteiger partial charge in [0.25, 0.3) is 5.91 Å². The van der Waals surface area contributed by atoms with Crippen LogP contribution in [0.25, 0.3) is 6.08 Å². The molecule has 0 aliphatic heterocycles. The SMILES string of the molecule is O=C(/C=C/c1ccco1)Nc1ccc(NC(=O)c2ccc(Cl)cc2Cl)cc1. The molecule has 2 amide bonds. The van der Waals surface area contributed by atoms with E-state index in [2.05, 4.69) is 10.6 Å². The maximum atomic E-state index is 12.3. The van der Waals surface area contributed by atoms with Gasteiger partial charge >= 0.3 is 0 Å². The first kappa shape index (κ1) is 18.8. The van der Waals surface area contributed by atoms with Gasteiger partial charge in [0.05, 0.1) is 16.8 Å². The van der Waals surface area contributed by atoms with E-state index in [9.17, 15) is 9.59 Å². The Morgan fingerprint density at radius 3 is 2.26 bits per heavy atom. The topological polar surface area (TPSA) is 71.3 Å². The largest absolute Gasteiger partial charge is 0.465 e. The quantitative estimate of drug-likeness (QED) is 0.556. The first-order valence-corrected chi connectivity index (χ1v) is 8.66. The molecule has 0 unspecified atom stereocenters. The van der Waals surface area contributed by atoms with E-state index in [1.54, 1.807) is 54.6 Å². The minimum atomic E-state index is -0.352. The Hall–Kier alpha value is -3.02. The van der Waals surface area contributed by atoms with E-state index >= 15 is 0 Å². The van der Waals surface area contributed by atoms with Crippen molar-refractivity contribution >= 4 is 52.5 Å². The van der Waals surface area contributed by atoms with E-state index < -0.39 is 0 Å². The van der Waals surface area contributed by atoms with Crippen molar-refractivity contribution < 1.29 is 14.0 Å². The first-order chi connectivity index (χ1) is 13.0. The molecule has 3 rings (SSSR count). The molecule has 7 heteroatoms. The Balaban J connectivity index is 1.59. The third kappa shape index (κ3) is 5.23. The summed E-state index contributed by atoms with van der Waals surface area (Å²) in [6.07, 6.45) is 4.47. The predicted octanol–water partition coefficient (Wildman–Crippen LogP) is 5.49. The molecule has 5 nitrogen and oxygen atoms in total. The fourth-order valence-electron chi connectivity index (χ4n) is 2.24. The molecular formula is C20H14Cl2N2O3. The highest BCUT2D eigenvalue weighted by atomic mass is 35.5. The lowest BCUT2D eigenvalue weighted by atomic mass is 10.2. The number of carbonyl (C=O) groups excluding carboxylic acids is 2. The van der Waals surface area contributed by atoms with Crippen molar-refractivity contribution in [2.24, 2.45) is 0 Å². The molecule has 2 N–H and O–H groups in total. The summed E-state index contributed by atoms with van der Waals surface area (Å²) in [4.78, 5) is 24.2. The van der Waals surface area contributed by atoms with Crippen molar-refractivity contribution in [2.75, 3.05) is 10.6 Å². The number of hydrogen-bond donors (Lipinski definition) is 2. The van der Waals surface area contributed by atoms with Gasteiger partial charge < -0.3 is 15.1 Å². The van der Waals surface area contributed by atoms with Crippen LogP contribution in [0.2, 0.25) is 10.0 Å². The van der Waals surface area contributed by atoms with Gasteiger partial charge in [0.15, 0.2) is 0 Å². The second kappa shape index (κ2) is 8.58. The van der Waals surface area contributed by atoms with Crippen LogP contribution in [0.15, 0.2) is 71.4 Å². The maximum Gasteiger partial charge on any atom is 0.257 e. The van der Waals surface area contributed by atoms with Gasteiger partial charge in [-0.05, 0) is 60.7 Å². The first-order valence-electron chi connectivity index (χ1n) is 7.90. The summed E-state index contributed by atoms with van der Waals surface area (Å²) in [7, 11) is 0. The molecule has 3 aromatic rings. The van der Waals surface area contributed by atoms with Crippen molar-refractivity contribution in [3.05, 3.63) is 88.3 Å². The summed E-state index contributed by atoms with van der Waals surface area (Å²) in [5.74, 6) is -0.0602. The molecule has 0 spiro atoms. The Morgan fingerprint density at radius 1 is 0.926 bits per heavy atom. The minimum absolute atomic E-state index is 0.271. The average molecular weight is 401 g/mol. The molecule has 0 saturated carbocycles. The molecule has 0 fully saturated rings. The highest BCUT2D eigenvalue weighted by Crippen LogP contribution is 2.22. The zero-order valence-corrected chi connectivity index (χ0v) is 15.4. The summed E-state index contributed by atoms with van der Waals surface area (Å²) >= 11 is 11.9. The number of rotatable bonds is 5. The number of amides is 2. The van der Waals surface area contributed by atoms with E-state index in [0.717, 1.165) is 0 Å². The predicted molar refractivity (Wildman–Crippen MR) is 107 cm³/mol. The smallest absolute Gasteiger partial charge is 0.257 e. The van der Waals surface area contributed by atoms with Crippen LogP contribution in [0.5, 0.6) is 0 Å². The number of benzene rings is 2. The third-order valence-corrected chi connectivity index (χ3v) is 4.08. The monoisotopic (exact) mass is 400 g/mol. The second-order valence-corrected chi connectivity index (χ2v) is 6.34. The van der Waals surface area contributed by atoms with Crippen molar-refractivity contribution in [2.45, 2.75) is 0 Å². The molecular weight excluding hydrogens is 387 g/mol. The zero-order valence-electron chi connectivity index (χ0n) is 13.9. The van der Waals surface area contributed by atoms with Gasteiger partial charge in [-0.15, -0.1) is 0 Å². The van der Waals surface area contributed by atoms with Crippen molar-refractivity contribution in [3.8, 4) is 0 Å². The van der Waals surface area contributed by atoms with Gasteiger partial charge in [-0.3, -0.25) is 9.59 Å². The fraction of sp³-hybridized carbons (Fsp3) is 0. The van der Waals surface area contributed by atoms with E-state index in [4.69, 9.17) is 27.6 Å². The third-order valence-electron chi connectivity index (χ3n) is 3.53. The van der Waals surface area contributed by atoms with Gasteiger partial charge in [-0.25, -0.2) is 0 Å². The van der Waals surface area contributed by atoms with Crippen molar-refractivity contribution in [1.82, 2.24) is 0 Å². The van der Waals surface area contributed by atoms with Crippen LogP contribution in [0.3, 0.4) is 0 Å². The normalized spacial score (nSPS) is 10.7. The Kier molecular flexibility index (Phi) is 5.96. The van der Waals surface area contributed by atoms with Crippen molar-refractivity contribution in [1.29, 1.82) is 0 Å². The lowest BCUT2D eigenvalue weighted by molar-refractivity contribution is -0.111. The molecule has 136 valence electrons. The van der Waals surface area contributed by atoms with Crippen LogP contribution in [-0.2, 0) is 4.79 Å². The lowest BCUT2D eigenvalue weighted by Crippen LogP contribution is -2.12. The number of anilines is 2. The molecule has 1 aromatic heterocycles. The second-order valence-electron chi connectivity index (χ2n) is 5.49. The van der Waals surface area contributed by atoms with Crippen molar-refractivity contribution in [3.63, 3.8) is 0 Å². The van der Waals surface area contributed by atoms with Gasteiger partial charge in [0.2, 0.25) is 5.91 Å². The fourth-order valence-corrected chi connectivity index (χ4v) is 2.73. The van der Waals surface area contributed by atoms with E-state index in [0.29, 0.717) is 27.7 Å². The highest BCUT2D eigenvalue weighted by Gasteiger charge is 2.11. The Bertz CT molecular complexity index is 981. The van der Waals surface area contributed by atoms with Crippen LogP contribution >= 0.6 is 23.2 Å². The highest BCUT2D eigenvalue weighted by molar-refractivity contribution is 6.37. The number of hydrogen-bond acceptors (Lipinski definition) is 3. The zero-order chi connectivity index (χ0) is 19.2. The van der Waals surface area contributed by atoms with Crippen LogP contribution in [0.1, 0.15) is 16.1 Å². The van der Waals surface area contributed by atoms with Gasteiger partial charge in [-0.2, -0.15) is 0 Å². The molecule has 0 bridgehead atoms. The number of carbonyl (C=O) groups is 2. The van der Waals surface area contributed by atoms with E-state index in [1.807, 2.05) is 0 Å². The summed E-state index contributed by atoms with van der Waals surface area (Å²) < 4.78 is 5.11. The van der Waals surface area contributed by atoms with Gasteiger partial charge in [-0.1, -0.05) is 23.2 Å². The van der Waals surface area contributed by atoms with E-state index in [-0.39, 0.29) is 16.8 Å². The standard InChI is InChI=1S/C20H14Cl2N2O3/c21-13-3-9-17(18(22)12-13)20(26)24-15-6-4-14(5-7-15)23-19(25)10-8-16-2-1-11-27-16/h1-12H,(H,23,25)(H,24,26)/b10-8+. The van der Waals surface area contributed by atoms with Gasteiger partial charge in [0, 0.05) is 22.5 Å². The summed E-state index contributed by atoms with van der Waals surface area (Å²) in [6.45, 7) is 0. The average Bonchev–Trinajstić information content (AvgIpc) is 3.15. The Labute approximate surface area is 165 Å². The molecule has 2 aromatic carbocycles. The molecule has 0 aliphatic carbocycles. The number of furan rings is 1. The number of nitrogens with one attached hydrogen (secondary N) is 2. The summed E-state index contributed by atoms with van der Waals surface area (Å²) in [6, 6.07) is 14.8. The van der Waals surface area contributed by atoms with Crippen LogP contribution in [0, 0.1) is 0 Å². The summed E-state index contributed by atoms with van der Waals surface area (Å²) in [5, 5.41) is 6.18. The lowest BCUT2D eigenvalue weighted by Gasteiger charge is -2.08. The van der Waals surface area contributed by atoms with E-state index in [1.165, 1.54) is 18.4 Å². The molecule has 0 atom stereocenters. The maximum absolute atomic E-state index is 12.3. The minimum Gasteiger partial charge on any atom is -0.465 e. The molecule has 27 heavy (non-hydrogen) atoms. The van der Waals surface area contributed by atoms with Crippen LogP contribution in [-0.4, -0.2) is 11.8 Å².